The Bertz CT molecular complexity index is 1420. The molecule has 1 saturated heterocycles. The molecule has 184 valence electrons. The molecule has 1 unspecified atom stereocenters. The molecule has 0 aliphatic carbocycles. The van der Waals surface area contributed by atoms with Gasteiger partial charge in [-0.3, -0.25) is 9.69 Å². The smallest absolute Gasteiger partial charge is 0.414 e. The molecule has 2 amide bonds. The fourth-order valence-corrected chi connectivity index (χ4v) is 4.46. The lowest BCUT2D eigenvalue weighted by molar-refractivity contribution is 0.0912. The lowest BCUT2D eigenvalue weighted by Crippen LogP contribution is -2.34. The van der Waals surface area contributed by atoms with Crippen LogP contribution in [0.4, 0.5) is 10.5 Å². The highest BCUT2D eigenvalue weighted by Gasteiger charge is 2.32. The predicted octanol–water partition coefficient (Wildman–Crippen LogP) is 2.84. The van der Waals surface area contributed by atoms with Gasteiger partial charge in [0.15, 0.2) is 0 Å². The molecule has 0 radical (unpaired) electrons. The molecule has 12 heteroatoms. The number of amides is 2. The zero-order valence-corrected chi connectivity index (χ0v) is 20.9. The normalized spacial score (nSPS) is 16.5. The van der Waals surface area contributed by atoms with Crippen LogP contribution < -0.4 is 10.2 Å². The van der Waals surface area contributed by atoms with Crippen LogP contribution in [-0.4, -0.2) is 75.7 Å². The maximum absolute atomic E-state index is 12.6. The Labute approximate surface area is 207 Å². The molecule has 2 heterocycles. The number of cyclic esters (lactones) is 1. The van der Waals surface area contributed by atoms with Gasteiger partial charge in [-0.25, -0.2) is 13.2 Å². The van der Waals surface area contributed by atoms with Crippen molar-refractivity contribution in [1.29, 1.82) is 0 Å². The largest absolute Gasteiger partial charge is 0.442 e. The number of sulfonamides is 1. The van der Waals surface area contributed by atoms with Gasteiger partial charge in [-0.15, -0.1) is 4.40 Å². The van der Waals surface area contributed by atoms with Crippen LogP contribution in [0.3, 0.4) is 0 Å². The fourth-order valence-electron chi connectivity index (χ4n) is 3.70. The summed E-state index contributed by atoms with van der Waals surface area (Å²) in [4.78, 5) is 31.1. The van der Waals surface area contributed by atoms with E-state index in [1.54, 1.807) is 61.5 Å². The number of carbonyl (C=O) groups is 2. The summed E-state index contributed by atoms with van der Waals surface area (Å²) in [6, 6.07) is 13.8. The van der Waals surface area contributed by atoms with E-state index >= 15 is 0 Å². The standard InChI is InChI=1S/C23H24ClN5O5S/c1-28(2)21(27-35(3,32)33)14-5-8-17(9-6-14)29-13-18(34-23(29)31)12-25-22(30)20-10-15-4-7-16(24)11-19(15)26-20/h4-11,18,26H,12-13H2,1-3H3,(H,25,30)/b27-21+. The van der Waals surface area contributed by atoms with Gasteiger partial charge in [-0.05, 0) is 42.5 Å². The monoisotopic (exact) mass is 517 g/mol. The molecular weight excluding hydrogens is 494 g/mol. The van der Waals surface area contributed by atoms with Crippen LogP contribution in [0.15, 0.2) is 52.9 Å². The van der Waals surface area contributed by atoms with Crippen molar-refractivity contribution in [3.8, 4) is 0 Å². The molecule has 4 rings (SSSR count). The summed E-state index contributed by atoms with van der Waals surface area (Å²) in [6.07, 6.45) is -0.0402. The van der Waals surface area contributed by atoms with Gasteiger partial charge in [0.2, 0.25) is 0 Å². The molecule has 1 aliphatic heterocycles. The van der Waals surface area contributed by atoms with Gasteiger partial charge in [0.05, 0.1) is 19.3 Å². The number of fused-ring (bicyclic) bond motifs is 1. The Morgan fingerprint density at radius 3 is 2.60 bits per heavy atom. The molecule has 2 N–H and O–H groups in total. The fraction of sp³-hybridized carbons (Fsp3) is 0.261. The molecular formula is C23H24ClN5O5S. The second kappa shape index (κ2) is 9.59. The zero-order chi connectivity index (χ0) is 25.3. The van der Waals surface area contributed by atoms with E-state index in [2.05, 4.69) is 14.7 Å². The number of rotatable bonds is 6. The topological polar surface area (TPSA) is 124 Å². The number of H-pyrrole nitrogens is 1. The number of aromatic amines is 1. The predicted molar refractivity (Wildman–Crippen MR) is 135 cm³/mol. The average Bonchev–Trinajstić information content (AvgIpc) is 3.38. The molecule has 10 nitrogen and oxygen atoms in total. The summed E-state index contributed by atoms with van der Waals surface area (Å²) in [7, 11) is -0.194. The quantitative estimate of drug-likeness (QED) is 0.383. The van der Waals surface area contributed by atoms with E-state index < -0.39 is 22.2 Å². The van der Waals surface area contributed by atoms with Crippen molar-refractivity contribution < 1.29 is 22.7 Å². The maximum Gasteiger partial charge on any atom is 0.414 e. The van der Waals surface area contributed by atoms with E-state index in [-0.39, 0.29) is 24.8 Å². The average molecular weight is 518 g/mol. The number of benzene rings is 2. The van der Waals surface area contributed by atoms with Gasteiger partial charge in [-0.1, -0.05) is 17.7 Å². The molecule has 1 aromatic heterocycles. The van der Waals surface area contributed by atoms with E-state index in [4.69, 9.17) is 16.3 Å². The summed E-state index contributed by atoms with van der Waals surface area (Å²) < 4.78 is 32.4. The molecule has 1 atom stereocenters. The van der Waals surface area contributed by atoms with Crippen molar-refractivity contribution >= 4 is 56.1 Å². The summed E-state index contributed by atoms with van der Waals surface area (Å²) >= 11 is 5.99. The Morgan fingerprint density at radius 1 is 1.23 bits per heavy atom. The van der Waals surface area contributed by atoms with Crippen molar-refractivity contribution in [1.82, 2.24) is 15.2 Å². The van der Waals surface area contributed by atoms with E-state index in [0.717, 1.165) is 17.2 Å². The first-order valence-corrected chi connectivity index (χ1v) is 12.8. The molecule has 3 aromatic rings. The van der Waals surface area contributed by atoms with Crippen molar-refractivity contribution in [3.63, 3.8) is 0 Å². The van der Waals surface area contributed by atoms with Crippen LogP contribution in [0.25, 0.3) is 10.9 Å². The molecule has 35 heavy (non-hydrogen) atoms. The number of anilines is 1. The minimum atomic E-state index is -3.58. The van der Waals surface area contributed by atoms with E-state index in [0.29, 0.717) is 22.0 Å². The number of nitrogens with zero attached hydrogens (tertiary/aromatic N) is 3. The zero-order valence-electron chi connectivity index (χ0n) is 19.3. The Hall–Kier alpha value is -3.57. The molecule has 1 fully saturated rings. The minimum Gasteiger partial charge on any atom is -0.442 e. The van der Waals surface area contributed by atoms with E-state index in [1.807, 2.05) is 6.07 Å². The number of carbonyl (C=O) groups excluding carboxylic acids is 2. The van der Waals surface area contributed by atoms with Gasteiger partial charge in [0.1, 0.15) is 17.6 Å². The van der Waals surface area contributed by atoms with Gasteiger partial charge >= 0.3 is 6.09 Å². The molecule has 1 aliphatic rings. The minimum absolute atomic E-state index is 0.140. The van der Waals surface area contributed by atoms with Crippen molar-refractivity contribution in [2.24, 2.45) is 4.40 Å². The number of nitrogens with one attached hydrogen (secondary N) is 2. The highest BCUT2D eigenvalue weighted by Crippen LogP contribution is 2.23. The van der Waals surface area contributed by atoms with Gasteiger partial charge < -0.3 is 19.9 Å². The van der Waals surface area contributed by atoms with Gasteiger partial charge in [0.25, 0.3) is 15.9 Å². The van der Waals surface area contributed by atoms with Crippen LogP contribution >= 0.6 is 11.6 Å². The molecule has 0 saturated carbocycles. The first kappa shape index (κ1) is 24.6. The molecule has 0 spiro atoms. The van der Waals surface area contributed by atoms with Crippen LogP contribution in [-0.2, 0) is 14.8 Å². The van der Waals surface area contributed by atoms with Crippen molar-refractivity contribution in [2.75, 3.05) is 38.3 Å². The number of hydrogen-bond donors (Lipinski definition) is 2. The lowest BCUT2D eigenvalue weighted by atomic mass is 10.1. The van der Waals surface area contributed by atoms with Crippen LogP contribution in [0.5, 0.6) is 0 Å². The maximum atomic E-state index is 12.6. The van der Waals surface area contributed by atoms with Gasteiger partial charge in [0, 0.05) is 41.3 Å². The number of aromatic nitrogens is 1. The number of hydrogen-bond acceptors (Lipinski definition) is 5. The molecule has 2 aromatic carbocycles. The van der Waals surface area contributed by atoms with Crippen LogP contribution in [0.2, 0.25) is 5.02 Å². The second-order valence-electron chi connectivity index (χ2n) is 8.33. The Morgan fingerprint density at radius 2 is 1.94 bits per heavy atom. The number of ether oxygens (including phenoxy) is 1. The third kappa shape index (κ3) is 5.75. The lowest BCUT2D eigenvalue weighted by Gasteiger charge is -2.17. The molecule has 0 bridgehead atoms. The van der Waals surface area contributed by atoms with Gasteiger partial charge in [-0.2, -0.15) is 0 Å². The first-order chi connectivity index (χ1) is 16.5. The summed E-state index contributed by atoms with van der Waals surface area (Å²) in [5.74, 6) is -0.0413. The number of amidine groups is 1. The Balaban J connectivity index is 1.40. The van der Waals surface area contributed by atoms with E-state index in [9.17, 15) is 18.0 Å². The third-order valence-electron chi connectivity index (χ3n) is 5.31. The van der Waals surface area contributed by atoms with E-state index in [1.165, 1.54) is 4.90 Å². The number of halogens is 1. The van der Waals surface area contributed by atoms with Crippen LogP contribution in [0.1, 0.15) is 16.1 Å². The summed E-state index contributed by atoms with van der Waals surface area (Å²) in [5.41, 5.74) is 2.30. The van der Waals surface area contributed by atoms with Crippen molar-refractivity contribution in [3.05, 3.63) is 64.8 Å². The highest BCUT2D eigenvalue weighted by atomic mass is 35.5. The first-order valence-electron chi connectivity index (χ1n) is 10.6. The summed E-state index contributed by atoms with van der Waals surface area (Å²) in [6.45, 7) is 0.389. The SMILES string of the molecule is CN(C)/C(=N/S(C)(=O)=O)c1ccc(N2CC(CNC(=O)c3cc4ccc(Cl)cc4[nH]3)OC2=O)cc1. The van der Waals surface area contributed by atoms with Crippen molar-refractivity contribution in [2.45, 2.75) is 6.10 Å². The highest BCUT2D eigenvalue weighted by molar-refractivity contribution is 7.89. The Kier molecular flexibility index (Phi) is 6.73. The third-order valence-corrected chi connectivity index (χ3v) is 6.05. The summed E-state index contributed by atoms with van der Waals surface area (Å²) in [5, 5.41) is 4.21. The van der Waals surface area contributed by atoms with Crippen LogP contribution in [0, 0.1) is 0 Å². The second-order valence-corrected chi connectivity index (χ2v) is 10.4.